The van der Waals surface area contributed by atoms with E-state index in [1.165, 1.54) is 16.7 Å². The van der Waals surface area contributed by atoms with E-state index in [-0.39, 0.29) is 6.04 Å². The summed E-state index contributed by atoms with van der Waals surface area (Å²) in [5.41, 5.74) is 7.57. The Hall–Kier alpha value is -1.55. The van der Waals surface area contributed by atoms with Crippen LogP contribution in [0.2, 0.25) is 5.02 Å². The van der Waals surface area contributed by atoms with Gasteiger partial charge in [0.2, 0.25) is 0 Å². The van der Waals surface area contributed by atoms with Crippen molar-refractivity contribution in [3.63, 3.8) is 0 Å². The van der Waals surface area contributed by atoms with Crippen LogP contribution in [0.1, 0.15) is 28.3 Å². The van der Waals surface area contributed by atoms with Crippen molar-refractivity contribution >= 4 is 11.6 Å². The van der Waals surface area contributed by atoms with E-state index in [2.05, 4.69) is 37.5 Å². The van der Waals surface area contributed by atoms with Gasteiger partial charge >= 0.3 is 0 Å². The zero-order valence-electron chi connectivity index (χ0n) is 12.6. The standard InChI is InChI=1S/C17H21ClN2O/c1-11-4-5-12(2)15(8-11)16(20-19)10-13-9-14(18)6-7-17(13)21-3/h4-9,16,20H,10,19H2,1-3H3. The lowest BCUT2D eigenvalue weighted by Gasteiger charge is -2.20. The molecule has 21 heavy (non-hydrogen) atoms. The number of nitrogens with two attached hydrogens (primary N) is 1. The minimum atomic E-state index is 0.0114. The summed E-state index contributed by atoms with van der Waals surface area (Å²) in [4.78, 5) is 0. The third-order valence-corrected chi connectivity index (χ3v) is 3.91. The van der Waals surface area contributed by atoms with Gasteiger partial charge in [0.05, 0.1) is 13.2 Å². The normalized spacial score (nSPS) is 12.2. The fourth-order valence-corrected chi connectivity index (χ4v) is 2.72. The molecule has 0 saturated heterocycles. The summed E-state index contributed by atoms with van der Waals surface area (Å²) in [6.07, 6.45) is 0.713. The van der Waals surface area contributed by atoms with Crippen molar-refractivity contribution in [3.8, 4) is 5.75 Å². The monoisotopic (exact) mass is 304 g/mol. The quantitative estimate of drug-likeness (QED) is 0.654. The van der Waals surface area contributed by atoms with E-state index >= 15 is 0 Å². The van der Waals surface area contributed by atoms with Gasteiger partial charge in [-0.1, -0.05) is 35.4 Å². The fraction of sp³-hybridized carbons (Fsp3) is 0.294. The molecule has 4 heteroatoms. The van der Waals surface area contributed by atoms with Gasteiger partial charge in [0.15, 0.2) is 0 Å². The number of benzene rings is 2. The minimum Gasteiger partial charge on any atom is -0.496 e. The van der Waals surface area contributed by atoms with Gasteiger partial charge in [0, 0.05) is 5.02 Å². The lowest BCUT2D eigenvalue weighted by atomic mass is 9.94. The average molecular weight is 305 g/mol. The zero-order chi connectivity index (χ0) is 15.4. The van der Waals surface area contributed by atoms with Crippen LogP contribution in [-0.2, 0) is 6.42 Å². The topological polar surface area (TPSA) is 47.3 Å². The Morgan fingerprint density at radius 3 is 2.62 bits per heavy atom. The highest BCUT2D eigenvalue weighted by molar-refractivity contribution is 6.30. The van der Waals surface area contributed by atoms with Crippen LogP contribution in [0.15, 0.2) is 36.4 Å². The number of halogens is 1. The van der Waals surface area contributed by atoms with E-state index < -0.39 is 0 Å². The van der Waals surface area contributed by atoms with Crippen molar-refractivity contribution in [1.29, 1.82) is 0 Å². The molecule has 0 radical (unpaired) electrons. The highest BCUT2D eigenvalue weighted by atomic mass is 35.5. The summed E-state index contributed by atoms with van der Waals surface area (Å²) >= 11 is 6.10. The number of hydrazine groups is 1. The van der Waals surface area contributed by atoms with Crippen molar-refractivity contribution in [2.45, 2.75) is 26.3 Å². The Morgan fingerprint density at radius 2 is 1.95 bits per heavy atom. The van der Waals surface area contributed by atoms with Crippen molar-refractivity contribution in [2.75, 3.05) is 7.11 Å². The first-order chi connectivity index (χ1) is 10.0. The van der Waals surface area contributed by atoms with E-state index in [9.17, 15) is 0 Å². The van der Waals surface area contributed by atoms with Crippen molar-refractivity contribution in [1.82, 2.24) is 5.43 Å². The summed E-state index contributed by atoms with van der Waals surface area (Å²) in [6, 6.07) is 12.0. The molecule has 0 aliphatic rings. The van der Waals surface area contributed by atoms with Gasteiger partial charge in [-0.15, -0.1) is 0 Å². The summed E-state index contributed by atoms with van der Waals surface area (Å²) in [5.74, 6) is 6.60. The first-order valence-electron chi connectivity index (χ1n) is 6.91. The van der Waals surface area contributed by atoms with Crippen LogP contribution in [0.3, 0.4) is 0 Å². The Labute approximate surface area is 131 Å². The maximum Gasteiger partial charge on any atom is 0.122 e. The second-order valence-electron chi connectivity index (χ2n) is 5.24. The predicted octanol–water partition coefficient (Wildman–Crippen LogP) is 3.71. The van der Waals surface area contributed by atoms with Gasteiger partial charge in [0.25, 0.3) is 0 Å². The van der Waals surface area contributed by atoms with Gasteiger partial charge in [-0.25, -0.2) is 0 Å². The molecular weight excluding hydrogens is 284 g/mol. The molecule has 0 fully saturated rings. The lowest BCUT2D eigenvalue weighted by Crippen LogP contribution is -2.30. The highest BCUT2D eigenvalue weighted by Gasteiger charge is 2.16. The van der Waals surface area contributed by atoms with Crippen LogP contribution in [0.25, 0.3) is 0 Å². The van der Waals surface area contributed by atoms with Gasteiger partial charge in [-0.3, -0.25) is 11.3 Å². The number of aryl methyl sites for hydroxylation is 2. The van der Waals surface area contributed by atoms with Crippen LogP contribution in [0.5, 0.6) is 5.75 Å². The first kappa shape index (κ1) is 15.8. The molecule has 3 N–H and O–H groups in total. The molecular formula is C17H21ClN2O. The molecule has 2 rings (SSSR count). The highest BCUT2D eigenvalue weighted by Crippen LogP contribution is 2.29. The van der Waals surface area contributed by atoms with Gasteiger partial charge in [0.1, 0.15) is 5.75 Å². The minimum absolute atomic E-state index is 0.0114. The Kier molecular flexibility index (Phi) is 5.23. The molecule has 0 spiro atoms. The largest absolute Gasteiger partial charge is 0.496 e. The third kappa shape index (κ3) is 3.76. The van der Waals surface area contributed by atoms with Crippen molar-refractivity contribution < 1.29 is 4.74 Å². The number of rotatable bonds is 5. The van der Waals surface area contributed by atoms with Crippen molar-refractivity contribution in [2.24, 2.45) is 5.84 Å². The molecule has 3 nitrogen and oxygen atoms in total. The van der Waals surface area contributed by atoms with E-state index in [4.69, 9.17) is 22.2 Å². The van der Waals surface area contributed by atoms with Crippen LogP contribution in [0.4, 0.5) is 0 Å². The number of methoxy groups -OCH3 is 1. The Balaban J connectivity index is 2.35. The molecule has 0 aliphatic carbocycles. The molecule has 112 valence electrons. The van der Waals surface area contributed by atoms with E-state index in [0.717, 1.165) is 11.3 Å². The second-order valence-corrected chi connectivity index (χ2v) is 5.68. The predicted molar refractivity (Wildman–Crippen MR) is 87.7 cm³/mol. The smallest absolute Gasteiger partial charge is 0.122 e. The first-order valence-corrected chi connectivity index (χ1v) is 7.28. The molecule has 0 amide bonds. The molecule has 2 aromatic carbocycles. The summed E-state index contributed by atoms with van der Waals surface area (Å²) < 4.78 is 5.41. The van der Waals surface area contributed by atoms with Crippen molar-refractivity contribution in [3.05, 3.63) is 63.7 Å². The van der Waals surface area contributed by atoms with Crippen LogP contribution in [-0.4, -0.2) is 7.11 Å². The maximum atomic E-state index is 6.10. The molecule has 1 unspecified atom stereocenters. The average Bonchev–Trinajstić information content (AvgIpc) is 2.47. The fourth-order valence-electron chi connectivity index (χ4n) is 2.52. The van der Waals surface area contributed by atoms with Gasteiger partial charge < -0.3 is 4.74 Å². The second kappa shape index (κ2) is 6.94. The number of nitrogens with one attached hydrogen (secondary N) is 1. The molecule has 0 saturated carbocycles. The van der Waals surface area contributed by atoms with Gasteiger partial charge in [-0.05, 0) is 55.2 Å². The van der Waals surface area contributed by atoms with Crippen LogP contribution in [0, 0.1) is 13.8 Å². The summed E-state index contributed by atoms with van der Waals surface area (Å²) in [5, 5.41) is 0.697. The summed E-state index contributed by atoms with van der Waals surface area (Å²) in [6.45, 7) is 4.17. The third-order valence-electron chi connectivity index (χ3n) is 3.68. The number of hydrogen-bond donors (Lipinski definition) is 2. The van der Waals surface area contributed by atoms with E-state index in [1.54, 1.807) is 7.11 Å². The van der Waals surface area contributed by atoms with E-state index in [0.29, 0.717) is 11.4 Å². The van der Waals surface area contributed by atoms with Crippen LogP contribution >= 0.6 is 11.6 Å². The molecule has 0 aliphatic heterocycles. The molecule has 0 bridgehead atoms. The molecule has 1 atom stereocenters. The lowest BCUT2D eigenvalue weighted by molar-refractivity contribution is 0.405. The zero-order valence-corrected chi connectivity index (χ0v) is 13.4. The number of hydrogen-bond acceptors (Lipinski definition) is 3. The maximum absolute atomic E-state index is 6.10. The van der Waals surface area contributed by atoms with Crippen LogP contribution < -0.4 is 16.0 Å². The van der Waals surface area contributed by atoms with Gasteiger partial charge in [-0.2, -0.15) is 0 Å². The molecule has 0 heterocycles. The summed E-state index contributed by atoms with van der Waals surface area (Å²) in [7, 11) is 1.66. The Morgan fingerprint density at radius 1 is 1.19 bits per heavy atom. The Bertz CT molecular complexity index is 628. The SMILES string of the molecule is COc1ccc(Cl)cc1CC(NN)c1cc(C)ccc1C. The molecule has 0 aromatic heterocycles. The molecule has 2 aromatic rings. The van der Waals surface area contributed by atoms with E-state index in [1.807, 2.05) is 18.2 Å². The number of ether oxygens (including phenoxy) is 1.